The van der Waals surface area contributed by atoms with E-state index in [1.807, 2.05) is 0 Å². The lowest BCUT2D eigenvalue weighted by molar-refractivity contribution is 1.26. The summed E-state index contributed by atoms with van der Waals surface area (Å²) in [5.74, 6) is 0. The Morgan fingerprint density at radius 3 is 1.10 bits per heavy atom. The molecule has 0 unspecified atom stereocenters. The van der Waals surface area contributed by atoms with E-state index >= 15 is 0 Å². The molecule has 0 N–H and O–H groups in total. The predicted molar refractivity (Wildman–Crippen MR) is 331 cm³/mol. The molecule has 77 heavy (non-hydrogen) atoms. The normalized spacial score (nSPS) is 12.9. The largest absolute Gasteiger partial charge is 0.311 e. The quantitative estimate of drug-likeness (QED) is 0.0963. The van der Waals surface area contributed by atoms with Gasteiger partial charge in [0.05, 0.1) is 0 Å². The number of anilines is 6. The Morgan fingerprint density at radius 1 is 0.234 bits per heavy atom. The summed E-state index contributed by atoms with van der Waals surface area (Å²) in [5, 5.41) is 17.6. The first-order chi connectivity index (χ1) is 38.1. The van der Waals surface area contributed by atoms with Crippen LogP contribution in [0.2, 0.25) is 0 Å². The van der Waals surface area contributed by atoms with Crippen molar-refractivity contribution in [1.29, 1.82) is 0 Å². The molecule has 0 fully saturated rings. The Hall–Kier alpha value is -9.96. The van der Waals surface area contributed by atoms with Crippen LogP contribution < -0.4 is 26.2 Å². The van der Waals surface area contributed by atoms with E-state index in [0.29, 0.717) is 0 Å². The Balaban J connectivity index is 1.00. The zero-order valence-electron chi connectivity index (χ0n) is 42.0. The van der Waals surface area contributed by atoms with Crippen LogP contribution in [0.15, 0.2) is 273 Å². The second-order valence-electron chi connectivity index (χ2n) is 21.2. The second-order valence-corrected chi connectivity index (χ2v) is 21.2. The van der Waals surface area contributed by atoms with E-state index in [1.54, 1.807) is 0 Å². The second kappa shape index (κ2) is 16.3. The average molecular weight is 973 g/mol. The summed E-state index contributed by atoms with van der Waals surface area (Å²) >= 11 is 0. The molecule has 2 aliphatic rings. The molecule has 0 saturated heterocycles. The van der Waals surface area contributed by atoms with E-state index < -0.39 is 0 Å². The highest BCUT2D eigenvalue weighted by molar-refractivity contribution is 7.00. The minimum absolute atomic E-state index is 0.0909. The first-order valence-corrected chi connectivity index (χ1v) is 26.8. The van der Waals surface area contributed by atoms with Crippen molar-refractivity contribution < 1.29 is 0 Å². The maximum Gasteiger partial charge on any atom is 0.252 e. The van der Waals surface area contributed by atoms with Gasteiger partial charge in [0.25, 0.3) is 6.71 Å². The van der Waals surface area contributed by atoms with E-state index in [2.05, 4.69) is 283 Å². The van der Waals surface area contributed by atoms with E-state index in [9.17, 15) is 0 Å². The molecule has 2 nitrogen and oxygen atoms in total. The molecule has 0 aromatic heterocycles. The van der Waals surface area contributed by atoms with Gasteiger partial charge in [-0.2, -0.15) is 0 Å². The summed E-state index contributed by atoms with van der Waals surface area (Å²) in [6.07, 6.45) is 0. The lowest BCUT2D eigenvalue weighted by Crippen LogP contribution is -2.61. The highest BCUT2D eigenvalue weighted by Gasteiger charge is 2.44. The Labute approximate surface area is 446 Å². The molecule has 0 amide bonds. The Morgan fingerprint density at radius 2 is 0.623 bits per heavy atom. The van der Waals surface area contributed by atoms with E-state index in [0.717, 1.165) is 11.4 Å². The van der Waals surface area contributed by atoms with Gasteiger partial charge < -0.3 is 9.80 Å². The van der Waals surface area contributed by atoms with Gasteiger partial charge in [0, 0.05) is 34.1 Å². The molecular weight excluding hydrogens is 928 g/mol. The minimum Gasteiger partial charge on any atom is -0.311 e. The number of fused-ring (bicyclic) bond motifs is 8. The SMILES string of the molecule is c1ccc(-c2ccc(N3c4cc5cc6ccccc6cc5cc4B4c5cc6cc7ccccc7cc6cc5N(c5ccc(-c6ccccc6)cc5)c5cc(-c6ccc7ccc8cccc9ccc6c7c89)cc3c54)cc2)cc1. The summed E-state index contributed by atoms with van der Waals surface area (Å²) in [6, 6.07) is 103. The lowest BCUT2D eigenvalue weighted by Gasteiger charge is -2.45. The molecule has 15 aromatic carbocycles. The zero-order chi connectivity index (χ0) is 50.3. The first kappa shape index (κ1) is 42.4. The third kappa shape index (κ3) is 6.44. The molecule has 17 rings (SSSR count). The summed E-state index contributed by atoms with van der Waals surface area (Å²) in [7, 11) is 0. The van der Waals surface area contributed by atoms with Crippen molar-refractivity contribution in [3.8, 4) is 33.4 Å². The third-order valence-electron chi connectivity index (χ3n) is 17.0. The number of hydrogen-bond acceptors (Lipinski definition) is 2. The molecule has 0 spiro atoms. The third-order valence-corrected chi connectivity index (χ3v) is 17.0. The molecule has 3 heteroatoms. The molecule has 0 atom stereocenters. The lowest BCUT2D eigenvalue weighted by atomic mass is 9.33. The summed E-state index contributed by atoms with van der Waals surface area (Å²) < 4.78 is 0. The summed E-state index contributed by atoms with van der Waals surface area (Å²) in [5.41, 5.74) is 18.1. The van der Waals surface area contributed by atoms with E-state index in [-0.39, 0.29) is 6.71 Å². The first-order valence-electron chi connectivity index (χ1n) is 26.8. The van der Waals surface area contributed by atoms with Crippen molar-refractivity contribution >= 4 is 133 Å². The van der Waals surface area contributed by atoms with Gasteiger partial charge in [-0.25, -0.2) is 0 Å². The number of nitrogens with zero attached hydrogens (tertiary/aromatic N) is 2. The van der Waals surface area contributed by atoms with Crippen molar-refractivity contribution in [2.45, 2.75) is 0 Å². The van der Waals surface area contributed by atoms with Crippen molar-refractivity contribution in [2.75, 3.05) is 9.80 Å². The highest BCUT2D eigenvalue weighted by atomic mass is 15.2. The fourth-order valence-corrected chi connectivity index (χ4v) is 13.4. The van der Waals surface area contributed by atoms with Crippen molar-refractivity contribution in [3.63, 3.8) is 0 Å². The fraction of sp³-hybridized carbons (Fsp3) is 0. The monoisotopic (exact) mass is 972 g/mol. The molecule has 0 radical (unpaired) electrons. The van der Waals surface area contributed by atoms with Gasteiger partial charge in [-0.3, -0.25) is 0 Å². The smallest absolute Gasteiger partial charge is 0.252 e. The van der Waals surface area contributed by atoms with Gasteiger partial charge in [0.15, 0.2) is 0 Å². The van der Waals surface area contributed by atoms with Crippen LogP contribution in [0.3, 0.4) is 0 Å². The molecule has 354 valence electrons. The highest BCUT2D eigenvalue weighted by Crippen LogP contribution is 2.49. The number of benzene rings is 15. The van der Waals surface area contributed by atoms with E-state index in [4.69, 9.17) is 0 Å². The molecular formula is C74H45BN2. The van der Waals surface area contributed by atoms with Gasteiger partial charge in [0.2, 0.25) is 0 Å². The zero-order valence-corrected chi connectivity index (χ0v) is 42.0. The molecule has 2 heterocycles. The molecule has 2 aliphatic heterocycles. The number of rotatable bonds is 5. The van der Waals surface area contributed by atoms with Crippen LogP contribution in [0, 0.1) is 0 Å². The fourth-order valence-electron chi connectivity index (χ4n) is 13.4. The summed E-state index contributed by atoms with van der Waals surface area (Å²) in [6.45, 7) is -0.0909. The van der Waals surface area contributed by atoms with Gasteiger partial charge in [0.1, 0.15) is 0 Å². The van der Waals surface area contributed by atoms with Crippen LogP contribution >= 0.6 is 0 Å². The number of hydrogen-bond donors (Lipinski definition) is 0. The average Bonchev–Trinajstić information content (AvgIpc) is 3.52. The van der Waals surface area contributed by atoms with Crippen LogP contribution in [-0.2, 0) is 0 Å². The minimum atomic E-state index is -0.0909. The Bertz CT molecular complexity index is 4660. The van der Waals surface area contributed by atoms with Gasteiger partial charge in [-0.15, -0.1) is 0 Å². The molecule has 0 saturated carbocycles. The van der Waals surface area contributed by atoms with Crippen LogP contribution in [0.4, 0.5) is 34.1 Å². The van der Waals surface area contributed by atoms with Crippen LogP contribution in [-0.4, -0.2) is 6.71 Å². The van der Waals surface area contributed by atoms with Crippen LogP contribution in [0.5, 0.6) is 0 Å². The standard InChI is InChI=1S/C74H45BN2/c1-3-12-46(13-4-1)48-24-30-62(31-25-48)76-68-42-59-38-55-18-9-7-16-53(55)36-57(59)40-66(68)75-67-41-58-37-54-17-8-10-19-56(54)39-60(58)43-69(67)77(63-32-26-49(27-33-63)47-14-5-2-6-15-47)71-45-61(44-70(76)74(71)75)64-34-28-52-23-22-50-20-11-21-51-29-35-65(64)73(52)72(50)51/h1-45H. The van der Waals surface area contributed by atoms with Crippen LogP contribution in [0.25, 0.3) is 109 Å². The van der Waals surface area contributed by atoms with Gasteiger partial charge in [-0.05, 0) is 198 Å². The topological polar surface area (TPSA) is 6.48 Å². The predicted octanol–water partition coefficient (Wildman–Crippen LogP) is 18.3. The maximum absolute atomic E-state index is 2.59. The van der Waals surface area contributed by atoms with Gasteiger partial charge >= 0.3 is 0 Å². The van der Waals surface area contributed by atoms with Crippen molar-refractivity contribution in [3.05, 3.63) is 273 Å². The Kier molecular flexibility index (Phi) is 8.96. The maximum atomic E-state index is 2.59. The molecule has 15 aromatic rings. The molecule has 0 aliphatic carbocycles. The van der Waals surface area contributed by atoms with Crippen molar-refractivity contribution in [1.82, 2.24) is 0 Å². The van der Waals surface area contributed by atoms with Crippen LogP contribution in [0.1, 0.15) is 0 Å². The van der Waals surface area contributed by atoms with Gasteiger partial charge in [-0.1, -0.05) is 200 Å². The van der Waals surface area contributed by atoms with E-state index in [1.165, 1.54) is 148 Å². The summed E-state index contributed by atoms with van der Waals surface area (Å²) in [4.78, 5) is 5.17. The van der Waals surface area contributed by atoms with Crippen molar-refractivity contribution in [2.24, 2.45) is 0 Å². The molecule has 0 bridgehead atoms.